The summed E-state index contributed by atoms with van der Waals surface area (Å²) in [5.74, 6) is 0.485. The molecule has 0 bridgehead atoms. The van der Waals surface area contributed by atoms with Gasteiger partial charge in [0.15, 0.2) is 11.6 Å². The van der Waals surface area contributed by atoms with Crippen LogP contribution in [0.25, 0.3) is 11.4 Å². The fourth-order valence-corrected chi connectivity index (χ4v) is 3.16. The summed E-state index contributed by atoms with van der Waals surface area (Å²) < 4.78 is 32.4. The molecule has 2 aromatic rings. The van der Waals surface area contributed by atoms with E-state index in [1.807, 2.05) is 20.8 Å². The number of ether oxygens (including phenoxy) is 1. The van der Waals surface area contributed by atoms with E-state index >= 15 is 0 Å². The Kier molecular flexibility index (Phi) is 5.72. The second-order valence-corrected chi connectivity index (χ2v) is 8.10. The molecule has 29 heavy (non-hydrogen) atoms. The van der Waals surface area contributed by atoms with Crippen molar-refractivity contribution in [1.29, 1.82) is 0 Å². The molecule has 0 saturated carbocycles. The third kappa shape index (κ3) is 4.99. The molecule has 0 spiro atoms. The molecular weight excluding hydrogens is 382 g/mol. The molecule has 1 aliphatic rings. The number of pyridine rings is 1. The van der Waals surface area contributed by atoms with Gasteiger partial charge in [-0.15, -0.1) is 0 Å². The van der Waals surface area contributed by atoms with Gasteiger partial charge in [-0.25, -0.2) is 28.2 Å². The van der Waals surface area contributed by atoms with Crippen LogP contribution < -0.4 is 5.32 Å². The second kappa shape index (κ2) is 7.92. The molecule has 8 nitrogen and oxygen atoms in total. The van der Waals surface area contributed by atoms with Crippen LogP contribution in [0.1, 0.15) is 45.1 Å². The van der Waals surface area contributed by atoms with E-state index in [0.29, 0.717) is 30.2 Å². The number of rotatable bonds is 4. The van der Waals surface area contributed by atoms with E-state index in [0.717, 1.165) is 11.1 Å². The number of aromatic nitrogens is 4. The molecule has 0 aromatic carbocycles. The van der Waals surface area contributed by atoms with Crippen molar-refractivity contribution in [2.24, 2.45) is 7.05 Å². The molecule has 0 unspecified atom stereocenters. The summed E-state index contributed by atoms with van der Waals surface area (Å²) in [4.78, 5) is 22.3. The first-order valence-corrected chi connectivity index (χ1v) is 9.45. The highest BCUT2D eigenvalue weighted by molar-refractivity contribution is 5.68. The fourth-order valence-electron chi connectivity index (χ4n) is 3.16. The Bertz CT molecular complexity index is 893. The Hall–Kier alpha value is -2.78. The number of hydrogen-bond donors (Lipinski definition) is 1. The maximum Gasteiger partial charge on any atom is 0.410 e. The molecule has 3 heterocycles. The average Bonchev–Trinajstić information content (AvgIpc) is 3.20. The number of nitrogens with zero attached hydrogens (tertiary/aromatic N) is 5. The highest BCUT2D eigenvalue weighted by atomic mass is 19.3. The van der Waals surface area contributed by atoms with Crippen molar-refractivity contribution in [3.8, 4) is 11.4 Å². The lowest BCUT2D eigenvalue weighted by molar-refractivity contribution is 0.0293. The Balaban J connectivity index is 1.66. The molecule has 158 valence electrons. The van der Waals surface area contributed by atoms with Crippen LogP contribution in [0.15, 0.2) is 12.1 Å². The third-order valence-corrected chi connectivity index (χ3v) is 4.51. The summed E-state index contributed by atoms with van der Waals surface area (Å²) in [5, 5.41) is 7.38. The Morgan fingerprint density at radius 3 is 2.62 bits per heavy atom. The minimum atomic E-state index is -2.69. The van der Waals surface area contributed by atoms with Crippen molar-refractivity contribution in [2.45, 2.75) is 52.2 Å². The van der Waals surface area contributed by atoms with Crippen LogP contribution in [0.3, 0.4) is 0 Å². The quantitative estimate of drug-likeness (QED) is 0.833. The summed E-state index contributed by atoms with van der Waals surface area (Å²) in [5.41, 5.74) is 0.698. The van der Waals surface area contributed by atoms with Crippen molar-refractivity contribution in [3.05, 3.63) is 23.7 Å². The molecule has 3 rings (SSSR count). The number of halogens is 2. The van der Waals surface area contributed by atoms with Gasteiger partial charge < -0.3 is 15.0 Å². The fraction of sp³-hybridized carbons (Fsp3) is 0.579. The van der Waals surface area contributed by atoms with Gasteiger partial charge in [0, 0.05) is 31.7 Å². The van der Waals surface area contributed by atoms with Gasteiger partial charge in [-0.3, -0.25) is 0 Å². The van der Waals surface area contributed by atoms with Crippen LogP contribution in [-0.4, -0.2) is 55.5 Å². The Morgan fingerprint density at radius 1 is 1.31 bits per heavy atom. The maximum absolute atomic E-state index is 12.9. The van der Waals surface area contributed by atoms with Crippen molar-refractivity contribution in [1.82, 2.24) is 24.6 Å². The lowest BCUT2D eigenvalue weighted by Crippen LogP contribution is -2.36. The highest BCUT2D eigenvalue weighted by Crippen LogP contribution is 2.25. The van der Waals surface area contributed by atoms with Gasteiger partial charge in [0.2, 0.25) is 0 Å². The Morgan fingerprint density at radius 2 is 2.03 bits per heavy atom. The largest absolute Gasteiger partial charge is 0.444 e. The summed E-state index contributed by atoms with van der Waals surface area (Å²) in [6, 6.07) is 3.57. The molecule has 1 aliphatic heterocycles. The Labute approximate surface area is 168 Å². The van der Waals surface area contributed by atoms with E-state index in [1.165, 1.54) is 7.05 Å². The van der Waals surface area contributed by atoms with E-state index in [9.17, 15) is 13.6 Å². The topological polar surface area (TPSA) is 85.2 Å². The number of amides is 1. The molecular formula is C19H26F2N6O2. The zero-order valence-electron chi connectivity index (χ0n) is 17.2. The maximum atomic E-state index is 12.9. The molecule has 1 amide bonds. The number of carbonyl (C=O) groups is 1. The van der Waals surface area contributed by atoms with Gasteiger partial charge in [-0.1, -0.05) is 0 Å². The van der Waals surface area contributed by atoms with Gasteiger partial charge in [0.25, 0.3) is 6.43 Å². The van der Waals surface area contributed by atoms with Gasteiger partial charge in [0.05, 0.1) is 5.69 Å². The highest BCUT2D eigenvalue weighted by Gasteiger charge is 2.30. The summed E-state index contributed by atoms with van der Waals surface area (Å²) in [6.45, 7) is 8.43. The van der Waals surface area contributed by atoms with Crippen LogP contribution in [-0.2, 0) is 11.8 Å². The predicted octanol–water partition coefficient (Wildman–Crippen LogP) is 3.54. The number of anilines is 1. The number of nitrogens with one attached hydrogen (secondary N) is 1. The third-order valence-electron chi connectivity index (χ3n) is 4.51. The van der Waals surface area contributed by atoms with Crippen molar-refractivity contribution in [3.63, 3.8) is 0 Å². The average molecular weight is 408 g/mol. The normalized spacial score (nSPS) is 17.1. The number of hydrogen-bond acceptors (Lipinski definition) is 6. The molecule has 2 aromatic heterocycles. The van der Waals surface area contributed by atoms with Gasteiger partial charge in [-0.05, 0) is 46.2 Å². The van der Waals surface area contributed by atoms with Crippen LogP contribution in [0.5, 0.6) is 0 Å². The van der Waals surface area contributed by atoms with Gasteiger partial charge >= 0.3 is 6.09 Å². The lowest BCUT2D eigenvalue weighted by atomic mass is 10.2. The minimum Gasteiger partial charge on any atom is -0.444 e. The van der Waals surface area contributed by atoms with Gasteiger partial charge in [0.1, 0.15) is 11.4 Å². The molecule has 1 N–H and O–H groups in total. The summed E-state index contributed by atoms with van der Waals surface area (Å²) in [6.07, 6.45) is -2.23. The zero-order valence-corrected chi connectivity index (χ0v) is 17.2. The van der Waals surface area contributed by atoms with Crippen LogP contribution in [0, 0.1) is 6.92 Å². The van der Waals surface area contributed by atoms with E-state index in [2.05, 4.69) is 20.4 Å². The summed E-state index contributed by atoms with van der Waals surface area (Å²) >= 11 is 0. The molecule has 0 radical (unpaired) electrons. The van der Waals surface area contributed by atoms with E-state index in [-0.39, 0.29) is 23.8 Å². The summed E-state index contributed by atoms with van der Waals surface area (Å²) in [7, 11) is 1.44. The van der Waals surface area contributed by atoms with Crippen molar-refractivity contribution < 1.29 is 18.3 Å². The minimum absolute atomic E-state index is 0.0543. The monoisotopic (exact) mass is 408 g/mol. The number of alkyl halides is 2. The van der Waals surface area contributed by atoms with Crippen LogP contribution in [0.2, 0.25) is 0 Å². The molecule has 0 aliphatic carbocycles. The molecule has 10 heteroatoms. The lowest BCUT2D eigenvalue weighted by Gasteiger charge is -2.24. The predicted molar refractivity (Wildman–Crippen MR) is 104 cm³/mol. The van der Waals surface area contributed by atoms with Crippen molar-refractivity contribution in [2.75, 3.05) is 18.4 Å². The zero-order chi connectivity index (χ0) is 21.3. The smallest absolute Gasteiger partial charge is 0.410 e. The van der Waals surface area contributed by atoms with Crippen LogP contribution >= 0.6 is 0 Å². The second-order valence-electron chi connectivity index (χ2n) is 8.10. The first-order chi connectivity index (χ1) is 13.5. The number of carbonyl (C=O) groups excluding carboxylic acids is 1. The van der Waals surface area contributed by atoms with Crippen LogP contribution in [0.4, 0.5) is 19.4 Å². The van der Waals surface area contributed by atoms with E-state index in [4.69, 9.17) is 4.74 Å². The molecule has 1 atom stereocenters. The molecule has 1 saturated heterocycles. The van der Waals surface area contributed by atoms with E-state index < -0.39 is 12.0 Å². The van der Waals surface area contributed by atoms with Gasteiger partial charge in [-0.2, -0.15) is 5.10 Å². The SMILES string of the molecule is Cc1nc(N[C@H]2CCN(C(=O)OC(C)(C)C)C2)ccc1-c1nc(C(F)F)n(C)n1. The number of likely N-dealkylation sites (tertiary alicyclic amines) is 1. The standard InChI is InChI=1S/C19H26F2N6O2/c1-11-13(16-24-17(15(20)21)26(5)25-16)6-7-14(22-11)23-12-8-9-27(10-12)18(28)29-19(2,3)4/h6-7,12,15H,8-10H2,1-5H3,(H,22,23)/t12-/m0/s1. The first kappa shape index (κ1) is 20.9. The first-order valence-electron chi connectivity index (χ1n) is 9.45. The molecule has 1 fully saturated rings. The van der Waals surface area contributed by atoms with Crippen molar-refractivity contribution >= 4 is 11.9 Å². The number of aryl methyl sites for hydroxylation is 2. The van der Waals surface area contributed by atoms with E-state index in [1.54, 1.807) is 24.0 Å².